The molecule has 2 aromatic rings. The van der Waals surface area contributed by atoms with E-state index in [9.17, 15) is 0 Å². The summed E-state index contributed by atoms with van der Waals surface area (Å²) < 4.78 is 5.41. The number of hydrogen-bond acceptors (Lipinski definition) is 3. The molecule has 0 heterocycles. The Morgan fingerprint density at radius 2 is 1.86 bits per heavy atom. The molecule has 2 rings (SSSR count). The number of benzene rings is 2. The van der Waals surface area contributed by atoms with Crippen LogP contribution in [0.3, 0.4) is 0 Å². The minimum atomic E-state index is -0.0175. The number of ether oxygens (including phenoxy) is 1. The molecule has 0 fully saturated rings. The van der Waals surface area contributed by atoms with Crippen LogP contribution in [0.2, 0.25) is 10.0 Å². The third-order valence-electron chi connectivity index (χ3n) is 3.48. The number of para-hydroxylation sites is 2. The summed E-state index contributed by atoms with van der Waals surface area (Å²) in [5, 5.41) is 1.07. The van der Waals surface area contributed by atoms with Gasteiger partial charge in [0.2, 0.25) is 0 Å². The lowest BCUT2D eigenvalue weighted by Gasteiger charge is -2.30. The Morgan fingerprint density at radius 3 is 2.48 bits per heavy atom. The number of hydrogen-bond donors (Lipinski definition) is 1. The molecule has 3 nitrogen and oxygen atoms in total. The smallest absolute Gasteiger partial charge is 0.142 e. The Bertz CT molecular complexity index is 619. The van der Waals surface area contributed by atoms with Crippen molar-refractivity contribution in [2.45, 2.75) is 6.04 Å². The zero-order valence-electron chi connectivity index (χ0n) is 12.0. The van der Waals surface area contributed by atoms with Crippen molar-refractivity contribution in [2.24, 2.45) is 5.73 Å². The van der Waals surface area contributed by atoms with Crippen LogP contribution >= 0.6 is 23.2 Å². The summed E-state index contributed by atoms with van der Waals surface area (Å²) >= 11 is 12.1. The van der Waals surface area contributed by atoms with Gasteiger partial charge in [-0.15, -0.1) is 0 Å². The van der Waals surface area contributed by atoms with Crippen molar-refractivity contribution in [3.05, 3.63) is 58.1 Å². The topological polar surface area (TPSA) is 38.5 Å². The Balaban J connectivity index is 2.38. The van der Waals surface area contributed by atoms with Crippen molar-refractivity contribution >= 4 is 28.9 Å². The molecule has 2 N–H and O–H groups in total. The molecule has 0 amide bonds. The van der Waals surface area contributed by atoms with Crippen LogP contribution in [0.4, 0.5) is 5.69 Å². The SMILES string of the molecule is COc1ccccc1N(C)C(CN)c1ccc(Cl)c(Cl)c1. The molecule has 0 spiro atoms. The van der Waals surface area contributed by atoms with Crippen molar-refractivity contribution in [3.63, 3.8) is 0 Å². The summed E-state index contributed by atoms with van der Waals surface area (Å²) in [4.78, 5) is 2.08. The monoisotopic (exact) mass is 324 g/mol. The standard InChI is InChI=1S/C16H18Cl2N2O/c1-20(14-5-3-4-6-16(14)21-2)15(10-19)11-7-8-12(17)13(18)9-11/h3-9,15H,10,19H2,1-2H3. The van der Waals surface area contributed by atoms with Crippen LogP contribution in [-0.2, 0) is 0 Å². The van der Waals surface area contributed by atoms with Crippen molar-refractivity contribution in [1.29, 1.82) is 0 Å². The highest BCUT2D eigenvalue weighted by Gasteiger charge is 2.19. The Morgan fingerprint density at radius 1 is 1.14 bits per heavy atom. The van der Waals surface area contributed by atoms with Crippen LogP contribution < -0.4 is 15.4 Å². The second-order valence-corrected chi connectivity index (χ2v) is 5.52. The van der Waals surface area contributed by atoms with E-state index in [4.69, 9.17) is 33.7 Å². The van der Waals surface area contributed by atoms with Gasteiger partial charge in [-0.3, -0.25) is 0 Å². The first kappa shape index (κ1) is 16.0. The van der Waals surface area contributed by atoms with E-state index >= 15 is 0 Å². The molecule has 1 atom stereocenters. The van der Waals surface area contributed by atoms with E-state index in [2.05, 4.69) is 4.90 Å². The van der Waals surface area contributed by atoms with Gasteiger partial charge in [0.05, 0.1) is 28.9 Å². The molecule has 0 bridgehead atoms. The minimum absolute atomic E-state index is 0.0175. The summed E-state index contributed by atoms with van der Waals surface area (Å²) in [7, 11) is 3.64. The Kier molecular flexibility index (Phi) is 5.34. The van der Waals surface area contributed by atoms with Crippen LogP contribution in [0.5, 0.6) is 5.75 Å². The van der Waals surface area contributed by atoms with E-state index in [-0.39, 0.29) is 6.04 Å². The first-order chi connectivity index (χ1) is 10.1. The molecular formula is C16H18Cl2N2O. The van der Waals surface area contributed by atoms with Crippen LogP contribution in [-0.4, -0.2) is 20.7 Å². The van der Waals surface area contributed by atoms with Crippen molar-refractivity contribution in [2.75, 3.05) is 25.6 Å². The molecular weight excluding hydrogens is 307 g/mol. The van der Waals surface area contributed by atoms with Crippen LogP contribution in [0.15, 0.2) is 42.5 Å². The average Bonchev–Trinajstić information content (AvgIpc) is 2.51. The molecule has 0 aromatic heterocycles. The second kappa shape index (κ2) is 7.03. The predicted molar refractivity (Wildman–Crippen MR) is 89.7 cm³/mol. The van der Waals surface area contributed by atoms with Gasteiger partial charge in [0.15, 0.2) is 0 Å². The van der Waals surface area contributed by atoms with Crippen molar-refractivity contribution in [1.82, 2.24) is 0 Å². The second-order valence-electron chi connectivity index (χ2n) is 4.71. The molecule has 21 heavy (non-hydrogen) atoms. The van der Waals surface area contributed by atoms with Gasteiger partial charge in [-0.05, 0) is 29.8 Å². The summed E-state index contributed by atoms with van der Waals surface area (Å²) in [5.74, 6) is 0.804. The van der Waals surface area contributed by atoms with E-state index in [1.807, 2.05) is 43.4 Å². The van der Waals surface area contributed by atoms with Gasteiger partial charge in [-0.1, -0.05) is 41.4 Å². The fraction of sp³-hybridized carbons (Fsp3) is 0.250. The number of nitrogens with zero attached hydrogens (tertiary/aromatic N) is 1. The van der Waals surface area contributed by atoms with Crippen LogP contribution in [0, 0.1) is 0 Å². The highest BCUT2D eigenvalue weighted by molar-refractivity contribution is 6.42. The molecule has 0 aliphatic heterocycles. The van der Waals surface area contributed by atoms with Gasteiger partial charge in [-0.25, -0.2) is 0 Å². The molecule has 2 aromatic carbocycles. The van der Waals surface area contributed by atoms with E-state index in [0.29, 0.717) is 16.6 Å². The largest absolute Gasteiger partial charge is 0.495 e. The van der Waals surface area contributed by atoms with Gasteiger partial charge in [-0.2, -0.15) is 0 Å². The maximum absolute atomic E-state index is 6.11. The number of rotatable bonds is 5. The highest BCUT2D eigenvalue weighted by atomic mass is 35.5. The summed E-state index contributed by atoms with van der Waals surface area (Å²) in [6.45, 7) is 0.451. The zero-order valence-corrected chi connectivity index (χ0v) is 13.5. The van der Waals surface area contributed by atoms with Crippen LogP contribution in [0.1, 0.15) is 11.6 Å². The molecule has 0 aliphatic rings. The Labute approximate surface area is 135 Å². The lowest BCUT2D eigenvalue weighted by molar-refractivity contribution is 0.413. The minimum Gasteiger partial charge on any atom is -0.495 e. The number of anilines is 1. The summed E-state index contributed by atoms with van der Waals surface area (Å²) in [6, 6.07) is 13.4. The summed E-state index contributed by atoms with van der Waals surface area (Å²) in [5.41, 5.74) is 7.95. The Hall–Kier alpha value is -1.42. The quantitative estimate of drug-likeness (QED) is 0.898. The molecule has 0 saturated carbocycles. The highest BCUT2D eigenvalue weighted by Crippen LogP contribution is 2.34. The van der Waals surface area contributed by atoms with Crippen molar-refractivity contribution < 1.29 is 4.74 Å². The fourth-order valence-corrected chi connectivity index (χ4v) is 2.63. The lowest BCUT2D eigenvalue weighted by atomic mass is 10.0. The third-order valence-corrected chi connectivity index (χ3v) is 4.22. The van der Waals surface area contributed by atoms with E-state index < -0.39 is 0 Å². The first-order valence-electron chi connectivity index (χ1n) is 6.59. The maximum atomic E-state index is 6.11. The van der Waals surface area contributed by atoms with E-state index in [1.54, 1.807) is 13.2 Å². The zero-order chi connectivity index (χ0) is 15.4. The first-order valence-corrected chi connectivity index (χ1v) is 7.35. The fourth-order valence-electron chi connectivity index (χ4n) is 2.33. The number of halogens is 2. The third kappa shape index (κ3) is 3.43. The molecule has 0 aliphatic carbocycles. The van der Waals surface area contributed by atoms with E-state index in [1.165, 1.54) is 0 Å². The molecule has 0 saturated heterocycles. The lowest BCUT2D eigenvalue weighted by Crippen LogP contribution is -2.30. The van der Waals surface area contributed by atoms with E-state index in [0.717, 1.165) is 17.0 Å². The summed E-state index contributed by atoms with van der Waals surface area (Å²) in [6.07, 6.45) is 0. The van der Waals surface area contributed by atoms with Crippen molar-refractivity contribution in [3.8, 4) is 5.75 Å². The number of nitrogens with two attached hydrogens (primary N) is 1. The number of methoxy groups -OCH3 is 1. The molecule has 112 valence electrons. The molecule has 0 radical (unpaired) electrons. The van der Waals surface area contributed by atoms with Gasteiger partial charge in [0, 0.05) is 13.6 Å². The molecule has 5 heteroatoms. The van der Waals surface area contributed by atoms with Gasteiger partial charge in [0.1, 0.15) is 5.75 Å². The van der Waals surface area contributed by atoms with Gasteiger partial charge >= 0.3 is 0 Å². The van der Waals surface area contributed by atoms with Crippen LogP contribution in [0.25, 0.3) is 0 Å². The predicted octanol–water partition coefficient (Wildman–Crippen LogP) is 4.14. The normalized spacial score (nSPS) is 12.0. The van der Waals surface area contributed by atoms with Gasteiger partial charge < -0.3 is 15.4 Å². The maximum Gasteiger partial charge on any atom is 0.142 e. The average molecular weight is 325 g/mol. The van der Waals surface area contributed by atoms with Gasteiger partial charge in [0.25, 0.3) is 0 Å². The number of likely N-dealkylation sites (N-methyl/N-ethyl adjacent to an activating group) is 1. The molecule has 1 unspecified atom stereocenters.